The molecule has 164 valence electrons. The normalized spacial score (nSPS) is 19.6. The molecule has 1 atom stereocenters. The van der Waals surface area contributed by atoms with Crippen LogP contribution in [0, 0.1) is 0 Å². The third kappa shape index (κ3) is 4.65. The summed E-state index contributed by atoms with van der Waals surface area (Å²) >= 11 is 0. The Morgan fingerprint density at radius 2 is 1.61 bits per heavy atom. The van der Waals surface area contributed by atoms with Gasteiger partial charge < -0.3 is 10.6 Å². The number of benzene rings is 2. The number of hydrogen-bond acceptors (Lipinski definition) is 4. The fourth-order valence-electron chi connectivity index (χ4n) is 4.39. The quantitative estimate of drug-likeness (QED) is 0.746. The van der Waals surface area contributed by atoms with Crippen LogP contribution in [0.2, 0.25) is 0 Å². The summed E-state index contributed by atoms with van der Waals surface area (Å²) in [7, 11) is -3.92. The lowest BCUT2D eigenvalue weighted by atomic mass is 9.95. The van der Waals surface area contributed by atoms with E-state index in [9.17, 15) is 18.0 Å². The predicted octanol–water partition coefficient (Wildman–Crippen LogP) is 2.82. The molecule has 0 aromatic heterocycles. The Labute approximate surface area is 182 Å². The van der Waals surface area contributed by atoms with E-state index in [0.29, 0.717) is 12.1 Å². The maximum absolute atomic E-state index is 13.5. The molecule has 4 rings (SSSR count). The second-order valence-corrected chi connectivity index (χ2v) is 10.1. The molecule has 1 fully saturated rings. The van der Waals surface area contributed by atoms with Crippen molar-refractivity contribution in [2.24, 2.45) is 0 Å². The SMILES string of the molecule is CC(=O)Nc1ccc(S(=O)(=O)N2Cc3ccccc3CC2C(=O)NC2CCCC2)cc1. The molecule has 1 unspecified atom stereocenters. The molecule has 2 aliphatic rings. The van der Waals surface area contributed by atoms with Crippen LogP contribution in [0.4, 0.5) is 5.69 Å². The number of carbonyl (C=O) groups is 2. The highest BCUT2D eigenvalue weighted by Gasteiger charge is 2.40. The van der Waals surface area contributed by atoms with Gasteiger partial charge in [-0.3, -0.25) is 9.59 Å². The number of sulfonamides is 1. The molecule has 0 bridgehead atoms. The highest BCUT2D eigenvalue weighted by atomic mass is 32.2. The van der Waals surface area contributed by atoms with Gasteiger partial charge in [-0.2, -0.15) is 4.31 Å². The third-order valence-corrected chi connectivity index (χ3v) is 7.86. The number of nitrogens with zero attached hydrogens (tertiary/aromatic N) is 1. The van der Waals surface area contributed by atoms with E-state index in [-0.39, 0.29) is 29.3 Å². The van der Waals surface area contributed by atoms with Crippen molar-refractivity contribution >= 4 is 27.5 Å². The largest absolute Gasteiger partial charge is 0.352 e. The highest BCUT2D eigenvalue weighted by Crippen LogP contribution is 2.30. The van der Waals surface area contributed by atoms with Gasteiger partial charge in [-0.05, 0) is 54.7 Å². The van der Waals surface area contributed by atoms with Crippen molar-refractivity contribution in [2.75, 3.05) is 5.32 Å². The fraction of sp³-hybridized carbons (Fsp3) is 0.391. The zero-order valence-electron chi connectivity index (χ0n) is 17.5. The minimum Gasteiger partial charge on any atom is -0.352 e. The van der Waals surface area contributed by atoms with Crippen LogP contribution in [0.1, 0.15) is 43.7 Å². The molecule has 1 saturated carbocycles. The molecule has 2 N–H and O–H groups in total. The minimum atomic E-state index is -3.92. The van der Waals surface area contributed by atoms with Gasteiger partial charge in [0, 0.05) is 25.2 Å². The van der Waals surface area contributed by atoms with Gasteiger partial charge in [0.2, 0.25) is 21.8 Å². The summed E-state index contributed by atoms with van der Waals surface area (Å²) in [5.41, 5.74) is 2.43. The minimum absolute atomic E-state index is 0.0969. The molecule has 0 radical (unpaired) electrons. The van der Waals surface area contributed by atoms with E-state index in [1.165, 1.54) is 23.4 Å². The maximum Gasteiger partial charge on any atom is 0.244 e. The molecule has 1 aliphatic heterocycles. The molecule has 2 aromatic carbocycles. The van der Waals surface area contributed by atoms with E-state index in [4.69, 9.17) is 0 Å². The Bertz CT molecular complexity index is 1080. The van der Waals surface area contributed by atoms with Crippen LogP contribution in [-0.2, 0) is 32.6 Å². The summed E-state index contributed by atoms with van der Waals surface area (Å²) in [4.78, 5) is 24.5. The van der Waals surface area contributed by atoms with Crippen LogP contribution in [0.5, 0.6) is 0 Å². The molecular weight excluding hydrogens is 414 g/mol. The molecule has 31 heavy (non-hydrogen) atoms. The molecule has 2 amide bonds. The first kappa shape index (κ1) is 21.5. The summed E-state index contributed by atoms with van der Waals surface area (Å²) in [6.45, 7) is 1.54. The van der Waals surface area contributed by atoms with Gasteiger partial charge in [0.05, 0.1) is 4.90 Å². The van der Waals surface area contributed by atoms with Crippen LogP contribution in [0.15, 0.2) is 53.4 Å². The summed E-state index contributed by atoms with van der Waals surface area (Å²) < 4.78 is 28.4. The fourth-order valence-corrected chi connectivity index (χ4v) is 5.96. The highest BCUT2D eigenvalue weighted by molar-refractivity contribution is 7.89. The van der Waals surface area contributed by atoms with Crippen molar-refractivity contribution in [3.8, 4) is 0 Å². The molecule has 1 aliphatic carbocycles. The molecule has 1 heterocycles. The monoisotopic (exact) mass is 441 g/mol. The Morgan fingerprint density at radius 3 is 2.26 bits per heavy atom. The average molecular weight is 442 g/mol. The van der Waals surface area contributed by atoms with Crippen LogP contribution in [0.3, 0.4) is 0 Å². The third-order valence-electron chi connectivity index (χ3n) is 5.99. The van der Waals surface area contributed by atoms with E-state index in [1.807, 2.05) is 24.3 Å². The van der Waals surface area contributed by atoms with E-state index >= 15 is 0 Å². The zero-order chi connectivity index (χ0) is 22.0. The van der Waals surface area contributed by atoms with E-state index in [1.54, 1.807) is 12.1 Å². The van der Waals surface area contributed by atoms with E-state index in [2.05, 4.69) is 10.6 Å². The number of anilines is 1. The summed E-state index contributed by atoms with van der Waals surface area (Å²) in [6.07, 6.45) is 4.39. The first-order valence-electron chi connectivity index (χ1n) is 10.6. The van der Waals surface area contributed by atoms with Crippen molar-refractivity contribution in [1.29, 1.82) is 0 Å². The molecule has 2 aromatic rings. The standard InChI is InChI=1S/C23H27N3O4S/c1-16(27)24-20-10-12-21(13-11-20)31(29,30)26-15-18-7-3-2-6-17(18)14-22(26)23(28)25-19-8-4-5-9-19/h2-3,6-7,10-13,19,22H,4-5,8-9,14-15H2,1H3,(H,24,27)(H,25,28). The Kier molecular flexibility index (Phi) is 6.11. The summed E-state index contributed by atoms with van der Waals surface area (Å²) in [6, 6.07) is 13.0. The number of fused-ring (bicyclic) bond motifs is 1. The first-order chi connectivity index (χ1) is 14.8. The Morgan fingerprint density at radius 1 is 0.968 bits per heavy atom. The van der Waals surface area contributed by atoms with Crippen LogP contribution < -0.4 is 10.6 Å². The van der Waals surface area contributed by atoms with Crippen LogP contribution in [-0.4, -0.2) is 36.6 Å². The zero-order valence-corrected chi connectivity index (χ0v) is 18.3. The van der Waals surface area contributed by atoms with Gasteiger partial charge in [0.1, 0.15) is 6.04 Å². The maximum atomic E-state index is 13.5. The van der Waals surface area contributed by atoms with Gasteiger partial charge in [0.25, 0.3) is 0 Å². The molecular formula is C23H27N3O4S. The lowest BCUT2D eigenvalue weighted by molar-refractivity contribution is -0.126. The predicted molar refractivity (Wildman–Crippen MR) is 118 cm³/mol. The second kappa shape index (κ2) is 8.80. The molecule has 8 heteroatoms. The lowest BCUT2D eigenvalue weighted by Crippen LogP contribution is -2.53. The lowest BCUT2D eigenvalue weighted by Gasteiger charge is -2.35. The van der Waals surface area contributed by atoms with Gasteiger partial charge in [-0.1, -0.05) is 37.1 Å². The van der Waals surface area contributed by atoms with Gasteiger partial charge in [0.15, 0.2) is 0 Å². The van der Waals surface area contributed by atoms with Crippen molar-refractivity contribution in [3.05, 3.63) is 59.7 Å². The van der Waals surface area contributed by atoms with Gasteiger partial charge >= 0.3 is 0 Å². The van der Waals surface area contributed by atoms with Crippen LogP contribution >= 0.6 is 0 Å². The van der Waals surface area contributed by atoms with E-state index in [0.717, 1.165) is 36.8 Å². The second-order valence-electron chi connectivity index (χ2n) is 8.23. The van der Waals surface area contributed by atoms with Crippen LogP contribution in [0.25, 0.3) is 0 Å². The topological polar surface area (TPSA) is 95.6 Å². The van der Waals surface area contributed by atoms with Crippen molar-refractivity contribution < 1.29 is 18.0 Å². The Balaban J connectivity index is 1.64. The number of hydrogen-bond donors (Lipinski definition) is 2. The molecule has 0 spiro atoms. The number of amides is 2. The number of nitrogens with one attached hydrogen (secondary N) is 2. The van der Waals surface area contributed by atoms with E-state index < -0.39 is 16.1 Å². The first-order valence-corrected chi connectivity index (χ1v) is 12.1. The number of rotatable bonds is 5. The van der Waals surface area contributed by atoms with Crippen molar-refractivity contribution in [2.45, 2.75) is 62.6 Å². The summed E-state index contributed by atoms with van der Waals surface area (Å²) in [5.74, 6) is -0.466. The van der Waals surface area contributed by atoms with Gasteiger partial charge in [-0.25, -0.2) is 8.42 Å². The van der Waals surface area contributed by atoms with Crippen molar-refractivity contribution in [1.82, 2.24) is 9.62 Å². The smallest absolute Gasteiger partial charge is 0.244 e. The molecule has 0 saturated heterocycles. The summed E-state index contributed by atoms with van der Waals surface area (Å²) in [5, 5.41) is 5.70. The number of carbonyl (C=O) groups excluding carboxylic acids is 2. The van der Waals surface area contributed by atoms with Crippen molar-refractivity contribution in [3.63, 3.8) is 0 Å². The Hall–Kier alpha value is -2.71. The van der Waals surface area contributed by atoms with Gasteiger partial charge in [-0.15, -0.1) is 0 Å². The average Bonchev–Trinajstić information content (AvgIpc) is 3.25. The molecule has 7 nitrogen and oxygen atoms in total.